The number of aromatic nitrogens is 3. The topological polar surface area (TPSA) is 63.1 Å². The number of aromatic amines is 1. The van der Waals surface area contributed by atoms with Gasteiger partial charge in [-0.1, -0.05) is 11.6 Å². The number of hydrogen-bond acceptors (Lipinski definition) is 3. The van der Waals surface area contributed by atoms with Crippen LogP contribution in [0.25, 0.3) is 33.2 Å². The molecule has 3 aromatic heterocycles. The number of hydrogen-bond donors (Lipinski definition) is 2. The third-order valence-electron chi connectivity index (χ3n) is 3.79. The summed E-state index contributed by atoms with van der Waals surface area (Å²) in [6.07, 6.45) is 3.42. The molecule has 0 amide bonds. The lowest BCUT2D eigenvalue weighted by atomic mass is 10.1. The summed E-state index contributed by atoms with van der Waals surface area (Å²) in [5.41, 5.74) is 2.86. The summed E-state index contributed by atoms with van der Waals surface area (Å²) in [5.74, 6) is 0.755. The Labute approximate surface area is 130 Å². The standard InChI is InChI=1S/C16H12ClN3O2/c1-22-9-2-3-14-10(6-9)12(8-19-14)15-7-11-13(17)4-5-18-16(11)20(15)21/h2-8,19,21H,1H3. The molecule has 0 bridgehead atoms. The maximum atomic E-state index is 10.4. The quantitative estimate of drug-likeness (QED) is 0.548. The number of nitrogens with zero attached hydrogens (tertiary/aromatic N) is 2. The van der Waals surface area contributed by atoms with Crippen LogP contribution in [0.2, 0.25) is 5.02 Å². The van der Waals surface area contributed by atoms with Gasteiger partial charge in [0.15, 0.2) is 5.65 Å². The minimum Gasteiger partial charge on any atom is -0.497 e. The summed E-state index contributed by atoms with van der Waals surface area (Å²) in [7, 11) is 1.63. The molecule has 0 aliphatic heterocycles. The number of pyridine rings is 1. The zero-order valence-corrected chi connectivity index (χ0v) is 12.4. The van der Waals surface area contributed by atoms with Gasteiger partial charge in [0.1, 0.15) is 5.75 Å². The van der Waals surface area contributed by atoms with Crippen molar-refractivity contribution in [2.75, 3.05) is 7.11 Å². The van der Waals surface area contributed by atoms with Crippen molar-refractivity contribution in [3.05, 3.63) is 47.7 Å². The Hall–Kier alpha value is -2.66. The molecule has 4 aromatic rings. The normalized spacial score (nSPS) is 11.4. The van der Waals surface area contributed by atoms with Gasteiger partial charge in [-0.15, -0.1) is 0 Å². The Balaban J connectivity index is 2.03. The molecule has 0 saturated carbocycles. The van der Waals surface area contributed by atoms with Crippen LogP contribution in [0.3, 0.4) is 0 Å². The maximum absolute atomic E-state index is 10.4. The van der Waals surface area contributed by atoms with E-state index in [9.17, 15) is 5.21 Å². The first-order valence-electron chi connectivity index (χ1n) is 6.70. The number of halogens is 1. The lowest BCUT2D eigenvalue weighted by molar-refractivity contribution is 0.203. The van der Waals surface area contributed by atoms with Crippen molar-refractivity contribution in [2.24, 2.45) is 0 Å². The molecule has 0 aliphatic rings. The van der Waals surface area contributed by atoms with Crippen LogP contribution in [-0.2, 0) is 0 Å². The number of ether oxygens (including phenoxy) is 1. The zero-order valence-electron chi connectivity index (χ0n) is 11.7. The molecule has 6 heteroatoms. The molecule has 0 spiro atoms. The highest BCUT2D eigenvalue weighted by Gasteiger charge is 2.16. The first-order chi connectivity index (χ1) is 10.7. The SMILES string of the molecule is COc1ccc2[nH]cc(-c3cc4c(Cl)ccnc4n3O)c2c1. The molecule has 4 rings (SSSR count). The van der Waals surface area contributed by atoms with Crippen LogP contribution in [0, 0.1) is 0 Å². The predicted molar refractivity (Wildman–Crippen MR) is 85.8 cm³/mol. The van der Waals surface area contributed by atoms with Gasteiger partial charge in [0, 0.05) is 34.2 Å². The van der Waals surface area contributed by atoms with E-state index >= 15 is 0 Å². The Morgan fingerprint density at radius 1 is 1.23 bits per heavy atom. The third kappa shape index (κ3) is 1.76. The first kappa shape index (κ1) is 13.0. The highest BCUT2D eigenvalue weighted by Crippen LogP contribution is 2.35. The van der Waals surface area contributed by atoms with Crippen LogP contribution in [0.4, 0.5) is 0 Å². The van der Waals surface area contributed by atoms with E-state index in [1.54, 1.807) is 19.4 Å². The summed E-state index contributed by atoms with van der Waals surface area (Å²) in [6, 6.07) is 9.27. The van der Waals surface area contributed by atoms with Gasteiger partial charge >= 0.3 is 0 Å². The Kier molecular flexibility index (Phi) is 2.77. The molecule has 5 nitrogen and oxygen atoms in total. The van der Waals surface area contributed by atoms with E-state index in [0.717, 1.165) is 26.9 Å². The zero-order chi connectivity index (χ0) is 15.3. The molecule has 0 saturated heterocycles. The Bertz CT molecular complexity index is 1000. The maximum Gasteiger partial charge on any atom is 0.177 e. The molecular formula is C16H12ClN3O2. The lowest BCUT2D eigenvalue weighted by Gasteiger charge is -2.03. The van der Waals surface area contributed by atoms with Crippen molar-refractivity contribution in [1.29, 1.82) is 0 Å². The number of rotatable bonds is 2. The van der Waals surface area contributed by atoms with Crippen molar-refractivity contribution in [2.45, 2.75) is 0 Å². The van der Waals surface area contributed by atoms with E-state index in [1.807, 2.05) is 30.5 Å². The molecule has 0 radical (unpaired) electrons. The fraction of sp³-hybridized carbons (Fsp3) is 0.0625. The van der Waals surface area contributed by atoms with Crippen LogP contribution in [-0.4, -0.2) is 27.0 Å². The average Bonchev–Trinajstić information content (AvgIpc) is 3.09. The van der Waals surface area contributed by atoms with Crippen molar-refractivity contribution in [3.8, 4) is 17.0 Å². The van der Waals surface area contributed by atoms with Gasteiger partial charge in [-0.2, -0.15) is 4.73 Å². The third-order valence-corrected chi connectivity index (χ3v) is 4.12. The van der Waals surface area contributed by atoms with Crippen molar-refractivity contribution in [1.82, 2.24) is 14.7 Å². The van der Waals surface area contributed by atoms with Gasteiger partial charge in [-0.05, 0) is 30.3 Å². The Morgan fingerprint density at radius 3 is 2.86 bits per heavy atom. The number of H-pyrrole nitrogens is 1. The van der Waals surface area contributed by atoms with Crippen LogP contribution in [0.1, 0.15) is 0 Å². The van der Waals surface area contributed by atoms with Crippen LogP contribution in [0.5, 0.6) is 5.75 Å². The molecule has 3 heterocycles. The van der Waals surface area contributed by atoms with E-state index in [4.69, 9.17) is 16.3 Å². The van der Waals surface area contributed by atoms with E-state index < -0.39 is 0 Å². The molecule has 110 valence electrons. The highest BCUT2D eigenvalue weighted by atomic mass is 35.5. The van der Waals surface area contributed by atoms with E-state index in [0.29, 0.717) is 21.7 Å². The summed E-state index contributed by atoms with van der Waals surface area (Å²) >= 11 is 6.18. The second-order valence-corrected chi connectivity index (χ2v) is 5.39. The monoisotopic (exact) mass is 313 g/mol. The summed E-state index contributed by atoms with van der Waals surface area (Å²) < 4.78 is 6.33. The van der Waals surface area contributed by atoms with Gasteiger partial charge in [-0.3, -0.25) is 0 Å². The predicted octanol–water partition coefficient (Wildman–Crippen LogP) is 4.08. The fourth-order valence-electron chi connectivity index (χ4n) is 2.68. The minimum absolute atomic E-state index is 0.430. The number of methoxy groups -OCH3 is 1. The van der Waals surface area contributed by atoms with E-state index in [-0.39, 0.29) is 0 Å². The number of fused-ring (bicyclic) bond motifs is 2. The molecule has 0 unspecified atom stereocenters. The summed E-state index contributed by atoms with van der Waals surface area (Å²) in [6.45, 7) is 0. The van der Waals surface area contributed by atoms with Crippen molar-refractivity contribution >= 4 is 33.5 Å². The van der Waals surface area contributed by atoms with Gasteiger partial charge in [0.05, 0.1) is 17.8 Å². The largest absolute Gasteiger partial charge is 0.497 e. The van der Waals surface area contributed by atoms with Gasteiger partial charge in [-0.25, -0.2) is 4.98 Å². The van der Waals surface area contributed by atoms with Crippen molar-refractivity contribution < 1.29 is 9.94 Å². The lowest BCUT2D eigenvalue weighted by Crippen LogP contribution is -1.94. The molecule has 22 heavy (non-hydrogen) atoms. The highest BCUT2D eigenvalue weighted by molar-refractivity contribution is 6.35. The molecule has 0 aliphatic carbocycles. The summed E-state index contributed by atoms with van der Waals surface area (Å²) in [4.78, 5) is 7.37. The van der Waals surface area contributed by atoms with E-state index in [1.165, 1.54) is 0 Å². The van der Waals surface area contributed by atoms with Crippen LogP contribution >= 0.6 is 11.6 Å². The smallest absolute Gasteiger partial charge is 0.177 e. The second-order valence-electron chi connectivity index (χ2n) is 4.99. The average molecular weight is 314 g/mol. The summed E-state index contributed by atoms with van der Waals surface area (Å²) in [5, 5.41) is 12.6. The molecule has 0 fully saturated rings. The van der Waals surface area contributed by atoms with Crippen LogP contribution in [0.15, 0.2) is 42.7 Å². The van der Waals surface area contributed by atoms with Gasteiger partial charge in [0.25, 0.3) is 0 Å². The molecule has 0 atom stereocenters. The van der Waals surface area contributed by atoms with E-state index in [2.05, 4.69) is 9.97 Å². The minimum atomic E-state index is 0.430. The molecule has 2 N–H and O–H groups in total. The second kappa shape index (κ2) is 4.68. The van der Waals surface area contributed by atoms with Crippen LogP contribution < -0.4 is 4.74 Å². The first-order valence-corrected chi connectivity index (χ1v) is 7.07. The molecule has 1 aromatic carbocycles. The molecular weight excluding hydrogens is 302 g/mol. The number of benzene rings is 1. The van der Waals surface area contributed by atoms with Gasteiger partial charge in [0.2, 0.25) is 0 Å². The number of nitrogens with one attached hydrogen (secondary N) is 1. The fourth-order valence-corrected chi connectivity index (χ4v) is 2.88. The van der Waals surface area contributed by atoms with Crippen molar-refractivity contribution in [3.63, 3.8) is 0 Å². The van der Waals surface area contributed by atoms with Gasteiger partial charge < -0.3 is 14.9 Å². The Morgan fingerprint density at radius 2 is 2.09 bits per heavy atom.